The Morgan fingerprint density at radius 1 is 1.43 bits per heavy atom. The Kier molecular flexibility index (Phi) is 3.14. The third-order valence-electron chi connectivity index (χ3n) is 5.00. The van der Waals surface area contributed by atoms with Gasteiger partial charge in [-0.25, -0.2) is 0 Å². The molecule has 8 heteroatoms. The van der Waals surface area contributed by atoms with Crippen molar-refractivity contribution < 1.29 is 28.4 Å². The number of aryl methyl sites for hydroxylation is 1. The van der Waals surface area contributed by atoms with Crippen molar-refractivity contribution in [3.8, 4) is 0 Å². The lowest BCUT2D eigenvalue weighted by Crippen LogP contribution is -2.35. The highest BCUT2D eigenvalue weighted by Gasteiger charge is 2.64. The fraction of sp³-hybridized carbons (Fsp3) is 0.600. The fourth-order valence-electron chi connectivity index (χ4n) is 4.16. The summed E-state index contributed by atoms with van der Waals surface area (Å²) < 4.78 is 15.2. The van der Waals surface area contributed by atoms with Crippen LogP contribution in [-0.4, -0.2) is 35.7 Å². The number of aromatic nitrogens is 1. The van der Waals surface area contributed by atoms with Gasteiger partial charge in [0.25, 0.3) is 5.91 Å². The zero-order valence-electron chi connectivity index (χ0n) is 12.5. The Morgan fingerprint density at radius 3 is 3.00 bits per heavy atom. The lowest BCUT2D eigenvalue weighted by Gasteiger charge is -2.22. The van der Waals surface area contributed by atoms with E-state index in [9.17, 15) is 14.4 Å². The topological polar surface area (TPSA) is 108 Å². The Labute approximate surface area is 131 Å². The molecular weight excluding hydrogens is 304 g/mol. The van der Waals surface area contributed by atoms with Gasteiger partial charge >= 0.3 is 11.9 Å². The molecule has 8 nitrogen and oxygen atoms in total. The summed E-state index contributed by atoms with van der Waals surface area (Å²) in [5, 5.41) is 6.10. The number of nitrogens with one attached hydrogen (secondary N) is 1. The Balaban J connectivity index is 1.34. The fourth-order valence-corrected chi connectivity index (χ4v) is 4.16. The van der Waals surface area contributed by atoms with Crippen molar-refractivity contribution in [2.75, 3.05) is 11.9 Å². The van der Waals surface area contributed by atoms with Gasteiger partial charge in [0, 0.05) is 12.0 Å². The van der Waals surface area contributed by atoms with E-state index < -0.39 is 30.3 Å². The lowest BCUT2D eigenvalue weighted by atomic mass is 9.80. The van der Waals surface area contributed by atoms with E-state index in [1.54, 1.807) is 13.0 Å². The van der Waals surface area contributed by atoms with Crippen LogP contribution in [0.15, 0.2) is 10.6 Å². The number of ether oxygens (including phenoxy) is 2. The van der Waals surface area contributed by atoms with Crippen LogP contribution >= 0.6 is 0 Å². The highest BCUT2D eigenvalue weighted by Crippen LogP contribution is 2.57. The number of nitrogens with zero attached hydrogens (tertiary/aromatic N) is 1. The molecule has 3 aliphatic rings. The van der Waals surface area contributed by atoms with E-state index >= 15 is 0 Å². The van der Waals surface area contributed by atoms with Crippen LogP contribution in [0.25, 0.3) is 0 Å². The molecule has 2 saturated carbocycles. The van der Waals surface area contributed by atoms with Gasteiger partial charge in [-0.3, -0.25) is 14.4 Å². The summed E-state index contributed by atoms with van der Waals surface area (Å²) in [6.07, 6.45) is 1.52. The molecular formula is C15H16N2O6. The molecule has 1 saturated heterocycles. The van der Waals surface area contributed by atoms with Gasteiger partial charge in [0.1, 0.15) is 11.9 Å². The van der Waals surface area contributed by atoms with Crippen molar-refractivity contribution in [2.24, 2.45) is 23.7 Å². The molecule has 1 aromatic heterocycles. The van der Waals surface area contributed by atoms with E-state index in [-0.39, 0.29) is 29.7 Å². The molecule has 0 aromatic carbocycles. The maximum absolute atomic E-state index is 12.3. The Bertz CT molecular complexity index is 681. The molecule has 0 spiro atoms. The highest BCUT2D eigenvalue weighted by atomic mass is 16.6. The molecule has 122 valence electrons. The minimum atomic E-state index is -0.498. The number of carbonyl (C=O) groups excluding carboxylic acids is 3. The summed E-state index contributed by atoms with van der Waals surface area (Å²) in [7, 11) is 0. The average molecular weight is 320 g/mol. The highest BCUT2D eigenvalue weighted by molar-refractivity contribution is 5.92. The normalized spacial score (nSPS) is 33.6. The number of rotatable bonds is 4. The first-order valence-electron chi connectivity index (χ1n) is 7.63. The Morgan fingerprint density at radius 2 is 2.26 bits per heavy atom. The largest absolute Gasteiger partial charge is 0.462 e. The molecule has 1 aliphatic heterocycles. The summed E-state index contributed by atoms with van der Waals surface area (Å²) in [5.41, 5.74) is 0. The van der Waals surface area contributed by atoms with Crippen molar-refractivity contribution in [2.45, 2.75) is 25.9 Å². The van der Waals surface area contributed by atoms with Crippen LogP contribution in [0, 0.1) is 30.6 Å². The first-order chi connectivity index (χ1) is 11.0. The van der Waals surface area contributed by atoms with E-state index in [0.717, 1.165) is 12.8 Å². The van der Waals surface area contributed by atoms with E-state index in [0.29, 0.717) is 5.76 Å². The third kappa shape index (κ3) is 2.29. The second-order valence-corrected chi connectivity index (χ2v) is 6.40. The van der Waals surface area contributed by atoms with Crippen LogP contribution in [0.5, 0.6) is 0 Å². The first kappa shape index (κ1) is 14.2. The standard InChI is InChI=1S/C15H16N2O6/c1-6-2-10(17-23-6)16-11(18)5-21-14(19)12-7-3-8-9(4-7)22-15(20)13(8)12/h2,7-9,12-13H,3-5H2,1H3,(H,16,17,18)/t7-,8-,9+,12+,13-/m0/s1. The molecule has 5 atom stereocenters. The predicted molar refractivity (Wildman–Crippen MR) is 73.9 cm³/mol. The number of hydrogen-bond donors (Lipinski definition) is 1. The molecule has 1 aromatic rings. The van der Waals surface area contributed by atoms with Crippen LogP contribution in [0.3, 0.4) is 0 Å². The van der Waals surface area contributed by atoms with E-state index in [1.807, 2.05) is 0 Å². The van der Waals surface area contributed by atoms with Gasteiger partial charge in [-0.1, -0.05) is 5.16 Å². The molecule has 2 aliphatic carbocycles. The van der Waals surface area contributed by atoms with Gasteiger partial charge in [0.2, 0.25) is 0 Å². The number of hydrogen-bond acceptors (Lipinski definition) is 7. The second kappa shape index (κ2) is 5.07. The number of anilines is 1. The minimum absolute atomic E-state index is 0.0275. The molecule has 0 unspecified atom stereocenters. The zero-order chi connectivity index (χ0) is 16.1. The number of esters is 2. The van der Waals surface area contributed by atoms with Crippen LogP contribution < -0.4 is 5.32 Å². The summed E-state index contributed by atoms with van der Waals surface area (Å²) >= 11 is 0. The number of amides is 1. The van der Waals surface area contributed by atoms with Gasteiger partial charge in [0.15, 0.2) is 12.4 Å². The SMILES string of the molecule is Cc1cc(NC(=O)COC(=O)[C@@H]2[C@H]3C[C@@H]4[C@@H]2C(=O)O[C@@H]4C3)no1. The molecule has 3 fully saturated rings. The summed E-state index contributed by atoms with van der Waals surface area (Å²) in [4.78, 5) is 35.9. The molecule has 1 amide bonds. The van der Waals surface area contributed by atoms with Crippen molar-refractivity contribution in [3.63, 3.8) is 0 Å². The van der Waals surface area contributed by atoms with Gasteiger partial charge in [-0.05, 0) is 25.7 Å². The van der Waals surface area contributed by atoms with Crippen LogP contribution in [0.4, 0.5) is 5.82 Å². The zero-order valence-corrected chi connectivity index (χ0v) is 12.5. The summed E-state index contributed by atoms with van der Waals surface area (Å²) in [6, 6.07) is 1.56. The van der Waals surface area contributed by atoms with Crippen LogP contribution in [0.2, 0.25) is 0 Å². The lowest BCUT2D eigenvalue weighted by molar-refractivity contribution is -0.157. The third-order valence-corrected chi connectivity index (χ3v) is 5.00. The molecule has 4 rings (SSSR count). The molecule has 1 N–H and O–H groups in total. The first-order valence-corrected chi connectivity index (χ1v) is 7.63. The maximum Gasteiger partial charge on any atom is 0.310 e. The number of carbonyl (C=O) groups is 3. The van der Waals surface area contributed by atoms with Crippen molar-refractivity contribution >= 4 is 23.7 Å². The Hall–Kier alpha value is -2.38. The minimum Gasteiger partial charge on any atom is -0.462 e. The monoisotopic (exact) mass is 320 g/mol. The van der Waals surface area contributed by atoms with Gasteiger partial charge < -0.3 is 19.3 Å². The summed E-state index contributed by atoms with van der Waals surface area (Å²) in [5.74, 6) is -1.08. The van der Waals surface area contributed by atoms with Crippen molar-refractivity contribution in [1.82, 2.24) is 5.16 Å². The molecule has 2 bridgehead atoms. The van der Waals surface area contributed by atoms with E-state index in [4.69, 9.17) is 14.0 Å². The smallest absolute Gasteiger partial charge is 0.310 e. The van der Waals surface area contributed by atoms with Crippen LogP contribution in [0.1, 0.15) is 18.6 Å². The van der Waals surface area contributed by atoms with Crippen molar-refractivity contribution in [3.05, 3.63) is 11.8 Å². The van der Waals surface area contributed by atoms with Gasteiger partial charge in [-0.2, -0.15) is 0 Å². The quantitative estimate of drug-likeness (QED) is 0.812. The maximum atomic E-state index is 12.3. The predicted octanol–water partition coefficient (Wildman–Crippen LogP) is 0.662. The molecule has 23 heavy (non-hydrogen) atoms. The molecule has 0 radical (unpaired) electrons. The van der Waals surface area contributed by atoms with E-state index in [2.05, 4.69) is 10.5 Å². The average Bonchev–Trinajstić information content (AvgIpc) is 3.20. The van der Waals surface area contributed by atoms with Crippen molar-refractivity contribution in [1.29, 1.82) is 0 Å². The van der Waals surface area contributed by atoms with Crippen LogP contribution in [-0.2, 0) is 23.9 Å². The van der Waals surface area contributed by atoms with Gasteiger partial charge in [0.05, 0.1) is 11.8 Å². The number of fused-ring (bicyclic) bond motifs is 1. The van der Waals surface area contributed by atoms with E-state index in [1.165, 1.54) is 0 Å². The van der Waals surface area contributed by atoms with Gasteiger partial charge in [-0.15, -0.1) is 0 Å². The second-order valence-electron chi connectivity index (χ2n) is 6.40. The molecule has 2 heterocycles. The summed E-state index contributed by atoms with van der Waals surface area (Å²) in [6.45, 7) is 1.29.